The fourth-order valence-corrected chi connectivity index (χ4v) is 0.777. The molecule has 0 saturated carbocycles. The number of rotatable bonds is 3. The van der Waals surface area contributed by atoms with Gasteiger partial charge in [0.1, 0.15) is 0 Å². The highest BCUT2D eigenvalue weighted by Gasteiger charge is 2.25. The molecule has 0 aromatic heterocycles. The van der Waals surface area contributed by atoms with Gasteiger partial charge in [-0.15, -0.1) is 0 Å². The summed E-state index contributed by atoms with van der Waals surface area (Å²) in [6.07, 6.45) is 0. The Bertz CT molecular complexity index is 185. The van der Waals surface area contributed by atoms with Crippen molar-refractivity contribution >= 4 is 38.6 Å². The number of nitrogens with one attached hydrogen (secondary N) is 1. The van der Waals surface area contributed by atoms with Gasteiger partial charge in [-0.3, -0.25) is 10.2 Å². The van der Waals surface area contributed by atoms with E-state index in [-0.39, 0.29) is 10.9 Å². The standard InChI is InChI=1S/C4H6B2N2O2S/c5-4(6,2(9)10)1-11-3(7)8/h1H2,(H3,7,8)(H,9,10). The maximum Gasteiger partial charge on any atom is 0.293 e. The maximum atomic E-state index is 10.3. The van der Waals surface area contributed by atoms with E-state index in [0.717, 1.165) is 11.8 Å². The third kappa shape index (κ3) is 3.98. The van der Waals surface area contributed by atoms with E-state index < -0.39 is 11.2 Å². The van der Waals surface area contributed by atoms with Crippen LogP contribution in [0.15, 0.2) is 0 Å². The molecule has 0 aliphatic carbocycles. The van der Waals surface area contributed by atoms with E-state index in [1.807, 2.05) is 0 Å². The number of amidine groups is 1. The molecule has 0 aliphatic rings. The highest BCUT2D eigenvalue weighted by atomic mass is 32.2. The third-order valence-electron chi connectivity index (χ3n) is 0.865. The van der Waals surface area contributed by atoms with Gasteiger partial charge in [0.2, 0.25) is 0 Å². The fourth-order valence-electron chi connectivity index (χ4n) is 0.259. The highest BCUT2D eigenvalue weighted by molar-refractivity contribution is 8.13. The number of carboxylic acids is 1. The molecule has 0 aliphatic heterocycles. The van der Waals surface area contributed by atoms with Gasteiger partial charge in [-0.2, -0.15) is 0 Å². The number of thioether (sulfide) groups is 1. The second-order valence-electron chi connectivity index (χ2n) is 2.00. The summed E-state index contributed by atoms with van der Waals surface area (Å²) in [5, 5.41) is 13.1. The Kier molecular flexibility index (Phi) is 3.51. The van der Waals surface area contributed by atoms with Crippen molar-refractivity contribution in [1.82, 2.24) is 0 Å². The Balaban J connectivity index is 3.92. The van der Waals surface area contributed by atoms with Crippen LogP contribution in [0.2, 0.25) is 5.21 Å². The molecule has 4 N–H and O–H groups in total. The first-order valence-electron chi connectivity index (χ1n) is 2.64. The monoisotopic (exact) mass is 168 g/mol. The van der Waals surface area contributed by atoms with Crippen molar-refractivity contribution in [2.24, 2.45) is 5.73 Å². The topological polar surface area (TPSA) is 87.2 Å². The molecule has 0 unspecified atom stereocenters. The molecule has 0 atom stereocenters. The van der Waals surface area contributed by atoms with Crippen LogP contribution >= 0.6 is 11.8 Å². The van der Waals surface area contributed by atoms with Gasteiger partial charge in [-0.1, -0.05) is 11.8 Å². The smallest absolute Gasteiger partial charge is 0.293 e. The molecule has 0 heterocycles. The SMILES string of the molecule is [B]C([B])(CSC(=N)N)C(=O)O. The fraction of sp³-hybridized carbons (Fsp3) is 0.500. The average Bonchev–Trinajstić information content (AvgIpc) is 1.84. The van der Waals surface area contributed by atoms with Crippen molar-refractivity contribution in [3.05, 3.63) is 0 Å². The lowest BCUT2D eigenvalue weighted by atomic mass is 9.56. The molecule has 0 spiro atoms. The van der Waals surface area contributed by atoms with Crippen molar-refractivity contribution in [2.75, 3.05) is 5.75 Å². The molecule has 0 bridgehead atoms. The first kappa shape index (κ1) is 10.4. The highest BCUT2D eigenvalue weighted by Crippen LogP contribution is 2.21. The van der Waals surface area contributed by atoms with Crippen LogP contribution in [0.5, 0.6) is 0 Å². The zero-order chi connectivity index (χ0) is 9.07. The van der Waals surface area contributed by atoms with Gasteiger partial charge in [0.25, 0.3) is 5.97 Å². The van der Waals surface area contributed by atoms with Gasteiger partial charge in [0.05, 0.1) is 15.7 Å². The Morgan fingerprint density at radius 2 is 2.18 bits per heavy atom. The average molecular weight is 168 g/mol. The van der Waals surface area contributed by atoms with E-state index in [0.29, 0.717) is 0 Å². The van der Waals surface area contributed by atoms with Gasteiger partial charge in [-0.05, 0) is 0 Å². The van der Waals surface area contributed by atoms with Crippen molar-refractivity contribution in [2.45, 2.75) is 5.21 Å². The summed E-state index contributed by atoms with van der Waals surface area (Å²) in [7, 11) is 10.2. The van der Waals surface area contributed by atoms with Crippen LogP contribution in [0.4, 0.5) is 0 Å². The van der Waals surface area contributed by atoms with Crippen molar-refractivity contribution in [3.8, 4) is 0 Å². The van der Waals surface area contributed by atoms with Gasteiger partial charge >= 0.3 is 0 Å². The van der Waals surface area contributed by atoms with Crippen molar-refractivity contribution in [3.63, 3.8) is 0 Å². The molecule has 0 fully saturated rings. The quantitative estimate of drug-likeness (QED) is 0.291. The normalized spacial score (nSPS) is 10.9. The number of nitrogens with two attached hydrogens (primary N) is 1. The van der Waals surface area contributed by atoms with Gasteiger partial charge in [0.15, 0.2) is 5.17 Å². The van der Waals surface area contributed by atoms with Crippen LogP contribution in [0, 0.1) is 5.41 Å². The molecule has 4 nitrogen and oxygen atoms in total. The molecular formula is C4H6B2N2O2S. The molecule has 56 valence electrons. The number of carboxylic acid groups (broad SMARTS) is 1. The molecule has 7 heteroatoms. The second kappa shape index (κ2) is 3.71. The van der Waals surface area contributed by atoms with Crippen LogP contribution in [0.1, 0.15) is 0 Å². The molecular weight excluding hydrogens is 162 g/mol. The second-order valence-corrected chi connectivity index (χ2v) is 3.02. The lowest BCUT2D eigenvalue weighted by molar-refractivity contribution is -0.137. The van der Waals surface area contributed by atoms with E-state index in [9.17, 15) is 4.79 Å². The van der Waals surface area contributed by atoms with Crippen molar-refractivity contribution in [1.29, 1.82) is 5.41 Å². The number of carbonyl (C=O) groups is 1. The van der Waals surface area contributed by atoms with Crippen LogP contribution in [0.25, 0.3) is 0 Å². The molecule has 0 amide bonds. The lowest BCUT2D eigenvalue weighted by Crippen LogP contribution is -2.28. The first-order chi connectivity index (χ1) is 4.86. The zero-order valence-electron chi connectivity index (χ0n) is 5.70. The van der Waals surface area contributed by atoms with Crippen LogP contribution in [0.3, 0.4) is 0 Å². The molecule has 11 heavy (non-hydrogen) atoms. The van der Waals surface area contributed by atoms with Crippen LogP contribution < -0.4 is 5.73 Å². The van der Waals surface area contributed by atoms with Gasteiger partial charge in [-0.25, -0.2) is 0 Å². The Morgan fingerprint density at radius 1 is 1.73 bits per heavy atom. The Morgan fingerprint density at radius 3 is 2.45 bits per heavy atom. The predicted octanol–water partition coefficient (Wildman–Crippen LogP) is -0.849. The summed E-state index contributed by atoms with van der Waals surface area (Å²) in [6, 6.07) is 0. The van der Waals surface area contributed by atoms with Crippen LogP contribution in [-0.4, -0.2) is 37.7 Å². The minimum Gasteiger partial charge on any atom is -0.482 e. The molecule has 4 radical (unpaired) electrons. The summed E-state index contributed by atoms with van der Waals surface area (Å²) in [4.78, 5) is 10.3. The molecule has 0 aromatic rings. The minimum absolute atomic E-state index is 0.113. The summed E-state index contributed by atoms with van der Waals surface area (Å²) in [6.45, 7) is 0. The summed E-state index contributed by atoms with van der Waals surface area (Å²) in [5.41, 5.74) is 4.94. The predicted molar refractivity (Wildman–Crippen MR) is 46.2 cm³/mol. The van der Waals surface area contributed by atoms with E-state index in [1.165, 1.54) is 0 Å². The summed E-state index contributed by atoms with van der Waals surface area (Å²) in [5.74, 6) is -1.43. The molecule has 0 aromatic carbocycles. The number of hydrogen-bond acceptors (Lipinski definition) is 3. The van der Waals surface area contributed by atoms with Gasteiger partial charge < -0.3 is 10.8 Å². The number of hydrogen-bond donors (Lipinski definition) is 3. The summed E-state index contributed by atoms with van der Waals surface area (Å²) < 4.78 is 0. The van der Waals surface area contributed by atoms with E-state index in [4.69, 9.17) is 31.9 Å². The van der Waals surface area contributed by atoms with E-state index >= 15 is 0 Å². The molecule has 0 saturated heterocycles. The van der Waals surface area contributed by atoms with E-state index in [2.05, 4.69) is 0 Å². The maximum absolute atomic E-state index is 10.3. The molecule has 0 rings (SSSR count). The van der Waals surface area contributed by atoms with Crippen molar-refractivity contribution < 1.29 is 9.90 Å². The summed E-state index contributed by atoms with van der Waals surface area (Å²) >= 11 is 0.797. The Hall–Kier alpha value is -0.580. The van der Waals surface area contributed by atoms with Crippen LogP contribution in [-0.2, 0) is 4.79 Å². The first-order valence-corrected chi connectivity index (χ1v) is 3.63. The Labute approximate surface area is 71.2 Å². The van der Waals surface area contributed by atoms with E-state index in [1.54, 1.807) is 0 Å². The van der Waals surface area contributed by atoms with Gasteiger partial charge in [0, 0.05) is 11.0 Å². The minimum atomic E-state index is -1.81. The number of aliphatic carboxylic acids is 1. The largest absolute Gasteiger partial charge is 0.482 e. The zero-order valence-corrected chi connectivity index (χ0v) is 6.52. The lowest BCUT2D eigenvalue weighted by Gasteiger charge is -2.18. The third-order valence-corrected chi connectivity index (χ3v) is 1.80.